The lowest BCUT2D eigenvalue weighted by Crippen LogP contribution is -2.21. The molecule has 0 aliphatic carbocycles. The van der Waals surface area contributed by atoms with Crippen molar-refractivity contribution >= 4 is 23.4 Å². The number of ether oxygens (including phenoxy) is 4. The molecule has 0 atom stereocenters. The first kappa shape index (κ1) is 27.5. The number of carbonyl (C=O) groups excluding carboxylic acids is 1. The van der Waals surface area contributed by atoms with E-state index in [1.807, 2.05) is 59.2 Å². The minimum absolute atomic E-state index is 0.0830. The van der Waals surface area contributed by atoms with Crippen molar-refractivity contribution in [3.05, 3.63) is 72.3 Å². The van der Waals surface area contributed by atoms with Gasteiger partial charge in [-0.15, -0.1) is 10.2 Å². The number of carbonyl (C=O) groups is 1. The van der Waals surface area contributed by atoms with Crippen LogP contribution in [0.25, 0.3) is 17.1 Å². The van der Waals surface area contributed by atoms with Crippen LogP contribution in [-0.2, 0) is 4.79 Å². The van der Waals surface area contributed by atoms with Crippen LogP contribution < -0.4 is 24.4 Å². The van der Waals surface area contributed by atoms with E-state index >= 15 is 0 Å². The fourth-order valence-corrected chi connectivity index (χ4v) is 4.51. The van der Waals surface area contributed by atoms with Crippen LogP contribution in [-0.4, -0.2) is 60.6 Å². The summed E-state index contributed by atoms with van der Waals surface area (Å²) in [4.78, 5) is 12.7. The van der Waals surface area contributed by atoms with Crippen LogP contribution in [0.1, 0.15) is 12.5 Å². The molecule has 0 fully saturated rings. The van der Waals surface area contributed by atoms with Gasteiger partial charge in [-0.1, -0.05) is 30.0 Å². The number of nitrogens with one attached hydrogen (secondary N) is 1. The van der Waals surface area contributed by atoms with Crippen LogP contribution in [0.5, 0.6) is 23.0 Å². The second-order valence-corrected chi connectivity index (χ2v) is 9.08. The number of nitrogens with zero attached hydrogens (tertiary/aromatic N) is 4. The van der Waals surface area contributed by atoms with Crippen molar-refractivity contribution < 1.29 is 23.7 Å². The van der Waals surface area contributed by atoms with E-state index in [2.05, 4.69) is 20.7 Å². The summed E-state index contributed by atoms with van der Waals surface area (Å²) in [7, 11) is 6.31. The molecule has 4 rings (SSSR count). The zero-order valence-electron chi connectivity index (χ0n) is 22.3. The van der Waals surface area contributed by atoms with Gasteiger partial charge in [-0.2, -0.15) is 5.10 Å². The molecule has 1 heterocycles. The first-order valence-corrected chi connectivity index (χ1v) is 12.9. The summed E-state index contributed by atoms with van der Waals surface area (Å²) in [5.74, 6) is 2.79. The van der Waals surface area contributed by atoms with Gasteiger partial charge in [-0.3, -0.25) is 9.36 Å². The smallest absolute Gasteiger partial charge is 0.250 e. The minimum Gasteiger partial charge on any atom is -0.493 e. The SMILES string of the molecule is COc1ccc(C(C)=NNC(=O)CSc2nnc(-c3ccc(OC)c(OC)c3)n2-c2ccccc2)cc1OC. The van der Waals surface area contributed by atoms with Crippen LogP contribution in [0.2, 0.25) is 0 Å². The van der Waals surface area contributed by atoms with E-state index in [0.717, 1.165) is 16.8 Å². The maximum Gasteiger partial charge on any atom is 0.250 e. The number of hydrogen-bond donors (Lipinski definition) is 1. The Balaban J connectivity index is 1.53. The Morgan fingerprint density at radius 1 is 0.846 bits per heavy atom. The molecule has 39 heavy (non-hydrogen) atoms. The number of amides is 1. The molecular weight excluding hydrogens is 518 g/mol. The molecule has 11 heteroatoms. The van der Waals surface area contributed by atoms with Gasteiger partial charge in [-0.25, -0.2) is 5.43 Å². The molecule has 0 bridgehead atoms. The largest absolute Gasteiger partial charge is 0.493 e. The minimum atomic E-state index is -0.282. The Labute approximate surface area is 231 Å². The molecule has 0 aliphatic heterocycles. The molecule has 1 N–H and O–H groups in total. The first-order chi connectivity index (χ1) is 19.0. The summed E-state index contributed by atoms with van der Waals surface area (Å²) in [6.07, 6.45) is 0. The van der Waals surface area contributed by atoms with Crippen molar-refractivity contribution in [3.63, 3.8) is 0 Å². The van der Waals surface area contributed by atoms with Crippen LogP contribution in [0, 0.1) is 0 Å². The highest BCUT2D eigenvalue weighted by molar-refractivity contribution is 7.99. The second-order valence-electron chi connectivity index (χ2n) is 8.14. The van der Waals surface area contributed by atoms with Gasteiger partial charge in [0.05, 0.1) is 39.9 Å². The Kier molecular flexibility index (Phi) is 9.06. The summed E-state index contributed by atoms with van der Waals surface area (Å²) >= 11 is 1.26. The van der Waals surface area contributed by atoms with E-state index in [1.54, 1.807) is 47.5 Å². The average molecular weight is 548 g/mol. The Hall–Kier alpha value is -4.51. The number of benzene rings is 3. The maximum atomic E-state index is 12.7. The number of thioether (sulfide) groups is 1. The molecule has 3 aromatic carbocycles. The van der Waals surface area contributed by atoms with E-state index in [1.165, 1.54) is 11.8 Å². The van der Waals surface area contributed by atoms with Crippen LogP contribution in [0.3, 0.4) is 0 Å². The van der Waals surface area contributed by atoms with E-state index < -0.39 is 0 Å². The molecule has 202 valence electrons. The van der Waals surface area contributed by atoms with Gasteiger partial charge < -0.3 is 18.9 Å². The van der Waals surface area contributed by atoms with Crippen molar-refractivity contribution in [2.24, 2.45) is 5.10 Å². The molecule has 1 amide bonds. The quantitative estimate of drug-likeness (QED) is 0.165. The monoisotopic (exact) mass is 547 g/mol. The fraction of sp³-hybridized carbons (Fsp3) is 0.214. The summed E-state index contributed by atoms with van der Waals surface area (Å²) < 4.78 is 23.4. The Bertz CT molecular complexity index is 1470. The van der Waals surface area contributed by atoms with E-state index in [0.29, 0.717) is 39.7 Å². The van der Waals surface area contributed by atoms with E-state index in [9.17, 15) is 4.79 Å². The molecule has 0 saturated carbocycles. The molecule has 0 aliphatic rings. The highest BCUT2D eigenvalue weighted by Gasteiger charge is 2.19. The second kappa shape index (κ2) is 12.8. The molecule has 0 radical (unpaired) electrons. The molecule has 0 spiro atoms. The first-order valence-electron chi connectivity index (χ1n) is 11.9. The van der Waals surface area contributed by atoms with Gasteiger partial charge in [0.15, 0.2) is 34.0 Å². The lowest BCUT2D eigenvalue weighted by Gasteiger charge is -2.12. The molecule has 4 aromatic rings. The third-order valence-corrected chi connectivity index (χ3v) is 6.70. The predicted molar refractivity (Wildman–Crippen MR) is 151 cm³/mol. The highest BCUT2D eigenvalue weighted by atomic mass is 32.2. The van der Waals surface area contributed by atoms with Crippen molar-refractivity contribution in [1.82, 2.24) is 20.2 Å². The molecule has 10 nitrogen and oxygen atoms in total. The standard InChI is InChI=1S/C28H29N5O5S/c1-18(19-11-13-22(35-2)24(15-19)37-4)29-30-26(34)17-39-28-32-31-27(33(28)21-9-7-6-8-10-21)20-12-14-23(36-3)25(16-20)38-5/h6-16H,17H2,1-5H3,(H,30,34). The lowest BCUT2D eigenvalue weighted by molar-refractivity contribution is -0.118. The number of aromatic nitrogens is 3. The van der Waals surface area contributed by atoms with Gasteiger partial charge in [0.25, 0.3) is 5.91 Å². The van der Waals surface area contributed by atoms with Crippen LogP contribution in [0.15, 0.2) is 77.0 Å². The molecule has 0 saturated heterocycles. The number of para-hydroxylation sites is 1. The predicted octanol–water partition coefficient (Wildman–Crippen LogP) is 4.60. The zero-order chi connectivity index (χ0) is 27.8. The van der Waals surface area contributed by atoms with Crippen molar-refractivity contribution in [2.75, 3.05) is 34.2 Å². The van der Waals surface area contributed by atoms with Gasteiger partial charge in [0.2, 0.25) is 0 Å². The van der Waals surface area contributed by atoms with Gasteiger partial charge in [0.1, 0.15) is 0 Å². The van der Waals surface area contributed by atoms with E-state index in [4.69, 9.17) is 18.9 Å². The van der Waals surface area contributed by atoms with Crippen molar-refractivity contribution in [2.45, 2.75) is 12.1 Å². The Morgan fingerprint density at radius 3 is 2.15 bits per heavy atom. The summed E-state index contributed by atoms with van der Waals surface area (Å²) in [5.41, 5.74) is 5.68. The van der Waals surface area contributed by atoms with E-state index in [-0.39, 0.29) is 11.7 Å². The Morgan fingerprint density at radius 2 is 1.49 bits per heavy atom. The molecule has 1 aromatic heterocycles. The zero-order valence-corrected chi connectivity index (χ0v) is 23.1. The number of hydrogen-bond acceptors (Lipinski definition) is 9. The normalized spacial score (nSPS) is 11.2. The van der Waals surface area contributed by atoms with Gasteiger partial charge in [-0.05, 0) is 55.5 Å². The number of methoxy groups -OCH3 is 4. The van der Waals surface area contributed by atoms with Crippen molar-refractivity contribution in [1.29, 1.82) is 0 Å². The number of rotatable bonds is 11. The van der Waals surface area contributed by atoms with Gasteiger partial charge >= 0.3 is 0 Å². The fourth-order valence-electron chi connectivity index (χ4n) is 3.77. The van der Waals surface area contributed by atoms with Crippen LogP contribution in [0.4, 0.5) is 0 Å². The topological polar surface area (TPSA) is 109 Å². The lowest BCUT2D eigenvalue weighted by atomic mass is 10.1. The summed E-state index contributed by atoms with van der Waals surface area (Å²) in [5, 5.41) is 13.6. The van der Waals surface area contributed by atoms with Crippen molar-refractivity contribution in [3.8, 4) is 40.1 Å². The number of hydrazone groups is 1. The third-order valence-electron chi connectivity index (χ3n) is 5.77. The maximum absolute atomic E-state index is 12.7. The highest BCUT2D eigenvalue weighted by Crippen LogP contribution is 2.34. The molecular formula is C28H29N5O5S. The van der Waals surface area contributed by atoms with Gasteiger partial charge in [0, 0.05) is 16.8 Å². The average Bonchev–Trinajstić information content (AvgIpc) is 3.42. The summed E-state index contributed by atoms with van der Waals surface area (Å²) in [6.45, 7) is 1.80. The molecule has 0 unspecified atom stereocenters. The van der Waals surface area contributed by atoms with Crippen LogP contribution >= 0.6 is 11.8 Å². The summed E-state index contributed by atoms with van der Waals surface area (Å²) in [6, 6.07) is 20.7. The third kappa shape index (κ3) is 6.32.